The van der Waals surface area contributed by atoms with Crippen molar-refractivity contribution in [3.63, 3.8) is 0 Å². The Kier molecular flexibility index (Phi) is 1.99. The van der Waals surface area contributed by atoms with Crippen LogP contribution in [-0.4, -0.2) is 21.3 Å². The fraction of sp³-hybridized carbons (Fsp3) is 0.429. The van der Waals surface area contributed by atoms with E-state index in [9.17, 15) is 13.2 Å². The van der Waals surface area contributed by atoms with Crippen molar-refractivity contribution in [3.05, 3.63) is 17.5 Å². The Hall–Kier alpha value is -1.11. The molecule has 1 aromatic rings. The molecular weight excluding hydrogens is 215 g/mol. The maximum absolute atomic E-state index is 12.3. The lowest BCUT2D eigenvalue weighted by Crippen LogP contribution is -2.34. The molecule has 2 heterocycles. The summed E-state index contributed by atoms with van der Waals surface area (Å²) in [6, 6.07) is 0.967. The largest absolute Gasteiger partial charge is 0.435 e. The molecule has 0 saturated heterocycles. The Morgan fingerprint density at radius 1 is 1.50 bits per heavy atom. The molecule has 14 heavy (non-hydrogen) atoms. The molecule has 0 atom stereocenters. The number of hydrogen-bond acceptors (Lipinski definition) is 2. The molecule has 0 bridgehead atoms. The molecule has 0 radical (unpaired) electrons. The molecule has 1 N–H and O–H groups in total. The molecule has 0 aliphatic carbocycles. The van der Waals surface area contributed by atoms with Gasteiger partial charge in [0.2, 0.25) is 0 Å². The Morgan fingerprint density at radius 3 is 2.79 bits per heavy atom. The first-order chi connectivity index (χ1) is 6.48. The average molecular weight is 221 g/mol. The van der Waals surface area contributed by atoms with Crippen LogP contribution >= 0.6 is 12.2 Å². The number of halogens is 3. The molecule has 2 rings (SSSR count). The average Bonchev–Trinajstić information content (AvgIpc) is 2.48. The number of aromatic nitrogens is 2. The summed E-state index contributed by atoms with van der Waals surface area (Å²) in [5, 5.41) is 6.24. The molecule has 0 amide bonds. The maximum atomic E-state index is 12.3. The van der Waals surface area contributed by atoms with Gasteiger partial charge in [0.15, 0.2) is 5.69 Å². The molecule has 0 aromatic carbocycles. The van der Waals surface area contributed by atoms with Crippen LogP contribution in [0.4, 0.5) is 13.2 Å². The van der Waals surface area contributed by atoms with E-state index in [2.05, 4.69) is 10.4 Å². The Bertz CT molecular complexity index is 382. The lowest BCUT2D eigenvalue weighted by atomic mass is 10.3. The zero-order valence-electron chi connectivity index (χ0n) is 6.93. The molecule has 7 heteroatoms. The van der Waals surface area contributed by atoms with Crippen LogP contribution in [0, 0.1) is 0 Å². The second kappa shape index (κ2) is 2.94. The number of alkyl halides is 3. The summed E-state index contributed by atoms with van der Waals surface area (Å²) in [6.07, 6.45) is -4.40. The molecule has 3 nitrogen and oxygen atoms in total. The zero-order valence-corrected chi connectivity index (χ0v) is 7.74. The number of thiocarbonyl (C=S) groups is 1. The molecule has 76 valence electrons. The highest BCUT2D eigenvalue weighted by Crippen LogP contribution is 2.28. The lowest BCUT2D eigenvalue weighted by Gasteiger charge is -2.15. The van der Waals surface area contributed by atoms with Crippen LogP contribution in [0.2, 0.25) is 0 Å². The molecule has 1 aliphatic heterocycles. The fourth-order valence-corrected chi connectivity index (χ4v) is 1.54. The van der Waals surface area contributed by atoms with Gasteiger partial charge in [-0.25, -0.2) is 0 Å². The van der Waals surface area contributed by atoms with Gasteiger partial charge in [-0.2, -0.15) is 18.3 Å². The molecule has 0 unspecified atom stereocenters. The highest BCUT2D eigenvalue weighted by Gasteiger charge is 2.35. The lowest BCUT2D eigenvalue weighted by molar-refractivity contribution is -0.141. The van der Waals surface area contributed by atoms with Crippen molar-refractivity contribution in [3.8, 4) is 0 Å². The fourth-order valence-electron chi connectivity index (χ4n) is 1.27. The molecule has 1 aliphatic rings. The first kappa shape index (κ1) is 9.45. The number of nitrogens with one attached hydrogen (secondary N) is 1. The van der Waals surface area contributed by atoms with Crippen LogP contribution in [0.15, 0.2) is 6.07 Å². The summed E-state index contributed by atoms with van der Waals surface area (Å²) < 4.78 is 38.1. The van der Waals surface area contributed by atoms with Gasteiger partial charge in [-0.1, -0.05) is 12.2 Å². The summed E-state index contributed by atoms with van der Waals surface area (Å²) in [7, 11) is 0. The van der Waals surface area contributed by atoms with Gasteiger partial charge in [0.05, 0.1) is 12.2 Å². The summed E-state index contributed by atoms with van der Waals surface area (Å²) in [4.78, 5) is 0.319. The summed E-state index contributed by atoms with van der Waals surface area (Å²) in [6.45, 7) is 0.927. The topological polar surface area (TPSA) is 29.9 Å². The first-order valence-electron chi connectivity index (χ1n) is 3.92. The minimum Gasteiger partial charge on any atom is -0.373 e. The van der Waals surface area contributed by atoms with E-state index in [0.29, 0.717) is 23.8 Å². The van der Waals surface area contributed by atoms with Crippen LogP contribution in [0.5, 0.6) is 0 Å². The minimum atomic E-state index is -4.40. The predicted octanol–water partition coefficient (Wildman–Crippen LogP) is 1.18. The summed E-state index contributed by atoms with van der Waals surface area (Å²) in [5.74, 6) is 0. The van der Waals surface area contributed by atoms with Crippen molar-refractivity contribution in [2.45, 2.75) is 12.7 Å². The van der Waals surface area contributed by atoms with Gasteiger partial charge >= 0.3 is 6.18 Å². The standard InChI is InChI=1S/C7H6F3N3S/c8-7(9,10)5-3-4-6(14)11-1-2-13(4)12-5/h3H,1-2H2,(H,11,14). The SMILES string of the molecule is FC(F)(F)c1cc2n(n1)CCNC2=S. The molecule has 0 fully saturated rings. The third-order valence-electron chi connectivity index (χ3n) is 1.91. The highest BCUT2D eigenvalue weighted by molar-refractivity contribution is 7.80. The van der Waals surface area contributed by atoms with Gasteiger partial charge in [0.25, 0.3) is 0 Å². The van der Waals surface area contributed by atoms with Gasteiger partial charge in [-0.3, -0.25) is 4.68 Å². The van der Waals surface area contributed by atoms with Crippen molar-refractivity contribution < 1.29 is 13.2 Å². The van der Waals surface area contributed by atoms with E-state index in [1.807, 2.05) is 0 Å². The number of fused-ring (bicyclic) bond motifs is 1. The normalized spacial score (nSPS) is 16.4. The molecule has 0 saturated carbocycles. The van der Waals surface area contributed by atoms with Crippen molar-refractivity contribution in [1.82, 2.24) is 15.1 Å². The predicted molar refractivity (Wildman–Crippen MR) is 46.9 cm³/mol. The first-order valence-corrected chi connectivity index (χ1v) is 4.32. The van der Waals surface area contributed by atoms with Gasteiger partial charge in [0.1, 0.15) is 4.99 Å². The van der Waals surface area contributed by atoms with Crippen LogP contribution < -0.4 is 5.32 Å². The Labute approximate surface area is 82.9 Å². The van der Waals surface area contributed by atoms with Crippen molar-refractivity contribution >= 4 is 17.2 Å². The minimum absolute atomic E-state index is 0.319. The zero-order chi connectivity index (χ0) is 10.3. The summed E-state index contributed by atoms with van der Waals surface area (Å²) >= 11 is 4.86. The number of nitrogens with zero attached hydrogens (tertiary/aromatic N) is 2. The van der Waals surface area contributed by atoms with E-state index in [1.165, 1.54) is 4.68 Å². The van der Waals surface area contributed by atoms with E-state index >= 15 is 0 Å². The van der Waals surface area contributed by atoms with Gasteiger partial charge < -0.3 is 5.32 Å². The van der Waals surface area contributed by atoms with Gasteiger partial charge in [-0.05, 0) is 6.07 Å². The highest BCUT2D eigenvalue weighted by atomic mass is 32.1. The van der Waals surface area contributed by atoms with E-state index in [4.69, 9.17) is 12.2 Å². The summed E-state index contributed by atoms with van der Waals surface area (Å²) in [5.41, 5.74) is -0.558. The van der Waals surface area contributed by atoms with Crippen LogP contribution in [-0.2, 0) is 12.7 Å². The van der Waals surface area contributed by atoms with E-state index in [0.717, 1.165) is 6.07 Å². The Balaban J connectivity index is 2.45. The van der Waals surface area contributed by atoms with Crippen LogP contribution in [0.25, 0.3) is 0 Å². The van der Waals surface area contributed by atoms with Crippen molar-refractivity contribution in [2.24, 2.45) is 0 Å². The third kappa shape index (κ3) is 1.47. The third-order valence-corrected chi connectivity index (χ3v) is 2.27. The molecular formula is C7H6F3N3S. The Morgan fingerprint density at radius 2 is 2.21 bits per heavy atom. The van der Waals surface area contributed by atoms with Gasteiger partial charge in [0, 0.05) is 6.54 Å². The van der Waals surface area contributed by atoms with E-state index < -0.39 is 11.9 Å². The molecule has 0 spiro atoms. The van der Waals surface area contributed by atoms with Crippen LogP contribution in [0.3, 0.4) is 0 Å². The van der Waals surface area contributed by atoms with E-state index in [1.54, 1.807) is 0 Å². The molecule has 1 aromatic heterocycles. The smallest absolute Gasteiger partial charge is 0.373 e. The quantitative estimate of drug-likeness (QED) is 0.667. The van der Waals surface area contributed by atoms with Crippen molar-refractivity contribution in [1.29, 1.82) is 0 Å². The monoisotopic (exact) mass is 221 g/mol. The number of hydrogen-bond donors (Lipinski definition) is 1. The van der Waals surface area contributed by atoms with Gasteiger partial charge in [-0.15, -0.1) is 0 Å². The van der Waals surface area contributed by atoms with E-state index in [-0.39, 0.29) is 0 Å². The maximum Gasteiger partial charge on any atom is 0.435 e. The second-order valence-corrected chi connectivity index (χ2v) is 3.30. The second-order valence-electron chi connectivity index (χ2n) is 2.89. The van der Waals surface area contributed by atoms with Crippen LogP contribution in [0.1, 0.15) is 11.4 Å². The number of rotatable bonds is 0. The van der Waals surface area contributed by atoms with Crippen molar-refractivity contribution in [2.75, 3.05) is 6.54 Å².